The van der Waals surface area contributed by atoms with E-state index >= 15 is 0 Å². The molecule has 0 spiro atoms. The van der Waals surface area contributed by atoms with E-state index < -0.39 is 5.82 Å². The highest BCUT2D eigenvalue weighted by Crippen LogP contribution is 2.43. The second kappa shape index (κ2) is 8.40. The normalized spacial score (nSPS) is 13.3. The van der Waals surface area contributed by atoms with Crippen LogP contribution in [0.4, 0.5) is 20.6 Å². The largest absolute Gasteiger partial charge is 0.425 e. The Morgan fingerprint density at radius 3 is 2.43 bits per heavy atom. The summed E-state index contributed by atoms with van der Waals surface area (Å²) in [5, 5.41) is 2.61. The van der Waals surface area contributed by atoms with Gasteiger partial charge in [0.1, 0.15) is 12.4 Å². The van der Waals surface area contributed by atoms with E-state index in [9.17, 15) is 9.18 Å². The van der Waals surface area contributed by atoms with E-state index in [1.165, 1.54) is 17.0 Å². The molecule has 152 valence electrons. The van der Waals surface area contributed by atoms with Crippen molar-refractivity contribution in [3.05, 3.63) is 93.2 Å². The minimum Gasteiger partial charge on any atom is -0.258 e. The number of carbonyl (C=O) groups is 1. The van der Waals surface area contributed by atoms with E-state index in [1.807, 2.05) is 12.1 Å². The summed E-state index contributed by atoms with van der Waals surface area (Å²) in [4.78, 5) is 14.5. The number of anilines is 2. The summed E-state index contributed by atoms with van der Waals surface area (Å²) in [6, 6.07) is 13.1. The van der Waals surface area contributed by atoms with Crippen LogP contribution in [0.15, 0.2) is 61.2 Å². The summed E-state index contributed by atoms with van der Waals surface area (Å²) in [6.07, 6.45) is 2.36. The maximum absolute atomic E-state index is 13.6. The molecule has 2 N–H and O–H groups in total. The van der Waals surface area contributed by atoms with Crippen molar-refractivity contribution in [3.8, 4) is 11.1 Å². The van der Waals surface area contributed by atoms with Crippen LogP contribution in [0.5, 0.6) is 0 Å². The highest BCUT2D eigenvalue weighted by Gasteiger charge is 2.34. The van der Waals surface area contributed by atoms with Crippen molar-refractivity contribution in [2.45, 2.75) is 13.0 Å². The second-order valence-corrected chi connectivity index (χ2v) is 8.13. The van der Waals surface area contributed by atoms with E-state index in [0.29, 0.717) is 45.0 Å². The smallest absolute Gasteiger partial charge is 0.258 e. The van der Waals surface area contributed by atoms with Gasteiger partial charge in [-0.25, -0.2) is 14.1 Å². The Kier molecular flexibility index (Phi) is 5.85. The first kappa shape index (κ1) is 20.9. The Balaban J connectivity index is 2.01. The molecule has 0 aliphatic carbocycles. The third-order valence-electron chi connectivity index (χ3n) is 4.99. The molecule has 0 fully saturated rings. The van der Waals surface area contributed by atoms with Crippen molar-refractivity contribution in [3.63, 3.8) is 0 Å². The SMILES string of the molecule is C=CCc1cc(-c2ccc(F)cc2Cl)c2c(c1)N(c1c(Cl)cccc1Cl)C(=O)[NH2+]C2. The molecule has 2 amide bonds. The van der Waals surface area contributed by atoms with Gasteiger partial charge >= 0.3 is 6.03 Å². The lowest BCUT2D eigenvalue weighted by Gasteiger charge is -2.30. The van der Waals surface area contributed by atoms with Gasteiger partial charge in [0.15, 0.2) is 0 Å². The number of allylic oxidation sites excluding steroid dienone is 1. The monoisotopic (exact) mass is 461 g/mol. The molecule has 1 aliphatic rings. The summed E-state index contributed by atoms with van der Waals surface area (Å²) in [6.45, 7) is 4.22. The molecule has 0 saturated carbocycles. The number of quaternary nitrogens is 1. The number of nitrogens with two attached hydrogens (primary N) is 1. The Bertz CT molecular complexity index is 1160. The first-order valence-corrected chi connectivity index (χ1v) is 10.4. The third-order valence-corrected chi connectivity index (χ3v) is 5.91. The van der Waals surface area contributed by atoms with Gasteiger partial charge < -0.3 is 0 Å². The highest BCUT2D eigenvalue weighted by atomic mass is 35.5. The molecular formula is C23H17Cl3FN2O+. The summed E-state index contributed by atoms with van der Waals surface area (Å²) in [5.41, 5.74) is 4.43. The number of primary amides is 1. The van der Waals surface area contributed by atoms with Crippen LogP contribution in [0.2, 0.25) is 15.1 Å². The first-order valence-electron chi connectivity index (χ1n) is 9.24. The van der Waals surface area contributed by atoms with Crippen molar-refractivity contribution >= 4 is 52.2 Å². The van der Waals surface area contributed by atoms with Crippen LogP contribution < -0.4 is 10.2 Å². The first-order chi connectivity index (χ1) is 14.4. The average Bonchev–Trinajstić information content (AvgIpc) is 2.69. The molecule has 0 atom stereocenters. The molecule has 0 radical (unpaired) electrons. The lowest BCUT2D eigenvalue weighted by molar-refractivity contribution is -0.572. The average molecular weight is 463 g/mol. The zero-order chi connectivity index (χ0) is 21.4. The Morgan fingerprint density at radius 1 is 1.03 bits per heavy atom. The van der Waals surface area contributed by atoms with Crippen molar-refractivity contribution < 1.29 is 14.5 Å². The molecule has 1 heterocycles. The minimum atomic E-state index is -0.411. The third kappa shape index (κ3) is 3.72. The molecule has 7 heteroatoms. The van der Waals surface area contributed by atoms with Crippen LogP contribution in [0.25, 0.3) is 11.1 Å². The summed E-state index contributed by atoms with van der Waals surface area (Å²) >= 11 is 19.2. The molecule has 1 aliphatic heterocycles. The number of halogens is 4. The Hall–Kier alpha value is -2.37. The van der Waals surface area contributed by atoms with Gasteiger partial charge in [0.25, 0.3) is 0 Å². The number of urea groups is 1. The number of nitrogens with zero attached hydrogens (tertiary/aromatic N) is 1. The molecule has 3 aromatic carbocycles. The van der Waals surface area contributed by atoms with Gasteiger partial charge in [0, 0.05) is 11.1 Å². The van der Waals surface area contributed by atoms with Crippen molar-refractivity contribution in [2.24, 2.45) is 0 Å². The predicted molar refractivity (Wildman–Crippen MR) is 120 cm³/mol. The maximum Gasteiger partial charge on any atom is 0.425 e. The van der Waals surface area contributed by atoms with E-state index in [0.717, 1.165) is 16.7 Å². The quantitative estimate of drug-likeness (QED) is 0.440. The fourth-order valence-electron chi connectivity index (χ4n) is 3.69. The standard InChI is InChI=1S/C23H16Cl3FN2O/c1-2-4-13-9-16(15-8-7-14(27)11-20(15)26)17-12-28-23(30)29(21(17)10-13)22-18(24)5-3-6-19(22)25/h2-3,5-11H,1,4,12H2,(H,28,30)/p+1. The molecule has 3 aromatic rings. The van der Waals surface area contributed by atoms with Crippen LogP contribution in [0, 0.1) is 5.82 Å². The van der Waals surface area contributed by atoms with Gasteiger partial charge in [-0.3, -0.25) is 5.32 Å². The molecule has 3 nitrogen and oxygen atoms in total. The van der Waals surface area contributed by atoms with Crippen LogP contribution >= 0.6 is 34.8 Å². The van der Waals surface area contributed by atoms with Crippen molar-refractivity contribution in [1.29, 1.82) is 0 Å². The summed E-state index contributed by atoms with van der Waals surface area (Å²) < 4.78 is 13.6. The Labute approximate surface area is 188 Å². The molecule has 0 aromatic heterocycles. The maximum atomic E-state index is 13.6. The number of carbonyl (C=O) groups excluding carboxylic acids is 1. The summed E-state index contributed by atoms with van der Waals surface area (Å²) in [7, 11) is 0. The van der Waals surface area contributed by atoms with E-state index in [1.54, 1.807) is 35.7 Å². The van der Waals surface area contributed by atoms with Crippen LogP contribution in [0.1, 0.15) is 11.1 Å². The van der Waals surface area contributed by atoms with E-state index in [4.69, 9.17) is 34.8 Å². The molecule has 4 rings (SSSR count). The molecule has 30 heavy (non-hydrogen) atoms. The van der Waals surface area contributed by atoms with Gasteiger partial charge in [0.05, 0.1) is 26.4 Å². The van der Waals surface area contributed by atoms with Crippen LogP contribution in [0.3, 0.4) is 0 Å². The fourth-order valence-corrected chi connectivity index (χ4v) is 4.53. The fraction of sp³-hybridized carbons (Fsp3) is 0.0870. The zero-order valence-electron chi connectivity index (χ0n) is 15.8. The second-order valence-electron chi connectivity index (χ2n) is 6.91. The zero-order valence-corrected chi connectivity index (χ0v) is 18.0. The van der Waals surface area contributed by atoms with E-state index in [2.05, 4.69) is 6.58 Å². The Morgan fingerprint density at radius 2 is 1.77 bits per heavy atom. The predicted octanol–water partition coefficient (Wildman–Crippen LogP) is 6.52. The number of benzene rings is 3. The number of amides is 2. The van der Waals surface area contributed by atoms with Gasteiger partial charge in [-0.1, -0.05) is 53.0 Å². The number of rotatable bonds is 4. The highest BCUT2D eigenvalue weighted by molar-refractivity contribution is 6.40. The molecule has 0 bridgehead atoms. The van der Waals surface area contributed by atoms with Crippen LogP contribution in [-0.4, -0.2) is 6.03 Å². The topological polar surface area (TPSA) is 36.9 Å². The lowest BCUT2D eigenvalue weighted by Crippen LogP contribution is -2.90. The molecular weight excluding hydrogens is 446 g/mol. The number of fused-ring (bicyclic) bond motifs is 1. The number of para-hydroxylation sites is 1. The lowest BCUT2D eigenvalue weighted by atomic mass is 9.92. The number of hydrogen-bond acceptors (Lipinski definition) is 1. The molecule has 0 unspecified atom stereocenters. The van der Waals surface area contributed by atoms with Gasteiger partial charge in [-0.05, 0) is 53.9 Å². The summed E-state index contributed by atoms with van der Waals surface area (Å²) in [5.74, 6) is -0.411. The van der Waals surface area contributed by atoms with Gasteiger partial charge in [-0.2, -0.15) is 0 Å². The van der Waals surface area contributed by atoms with Gasteiger partial charge in [-0.15, -0.1) is 6.58 Å². The minimum absolute atomic E-state index is 0.218. The van der Waals surface area contributed by atoms with Crippen molar-refractivity contribution in [2.75, 3.05) is 4.90 Å². The van der Waals surface area contributed by atoms with Crippen LogP contribution in [-0.2, 0) is 13.0 Å². The molecule has 0 saturated heterocycles. The van der Waals surface area contributed by atoms with Crippen molar-refractivity contribution in [1.82, 2.24) is 0 Å². The van der Waals surface area contributed by atoms with E-state index in [-0.39, 0.29) is 6.03 Å². The van der Waals surface area contributed by atoms with Gasteiger partial charge in [0.2, 0.25) is 0 Å². The number of hydrogen-bond donors (Lipinski definition) is 1.